The van der Waals surface area contributed by atoms with E-state index in [4.69, 9.17) is 22.1 Å². The summed E-state index contributed by atoms with van der Waals surface area (Å²) in [5.41, 5.74) is 8.72. The second-order valence-electron chi connectivity index (χ2n) is 5.11. The highest BCUT2D eigenvalue weighted by atomic mass is 35.5. The average Bonchev–Trinajstić information content (AvgIpc) is 2.47. The molecular weight excluding hydrogens is 298 g/mol. The maximum atomic E-state index is 6.50. The molecule has 0 radical (unpaired) electrons. The summed E-state index contributed by atoms with van der Waals surface area (Å²) in [5.74, 6) is 0.885. The zero-order chi connectivity index (χ0) is 15.7. The molecule has 0 spiro atoms. The van der Waals surface area contributed by atoms with E-state index in [2.05, 4.69) is 22.6 Å². The van der Waals surface area contributed by atoms with Crippen LogP contribution in [0.3, 0.4) is 0 Å². The largest absolute Gasteiger partial charge is 0.387 e. The van der Waals surface area contributed by atoms with Crippen molar-refractivity contribution in [2.45, 2.75) is 20.1 Å². The predicted octanol–water partition coefficient (Wildman–Crippen LogP) is 3.79. The minimum atomic E-state index is 0.417. The Bertz CT molecular complexity index is 820. The Hall–Kier alpha value is -2.17. The molecule has 0 bridgehead atoms. The third kappa shape index (κ3) is 2.51. The molecule has 22 heavy (non-hydrogen) atoms. The van der Waals surface area contributed by atoms with E-state index in [0.29, 0.717) is 29.9 Å². The molecule has 3 rings (SSSR count). The number of hydrogen-bond donors (Lipinski definition) is 1. The molecule has 0 atom stereocenters. The minimum absolute atomic E-state index is 0.417. The molecule has 1 heterocycles. The van der Waals surface area contributed by atoms with Gasteiger partial charge in [-0.05, 0) is 34.9 Å². The highest BCUT2D eigenvalue weighted by Gasteiger charge is 2.20. The third-order valence-electron chi connectivity index (χ3n) is 3.52. The summed E-state index contributed by atoms with van der Waals surface area (Å²) in [7, 11) is 0. The lowest BCUT2D eigenvalue weighted by molar-refractivity contribution is 0.103. The van der Waals surface area contributed by atoms with Crippen LogP contribution in [0.15, 0.2) is 47.0 Å². The van der Waals surface area contributed by atoms with Crippen LogP contribution in [0, 0.1) is 0 Å². The number of halogens is 1. The fraction of sp³-hybridized carbons (Fsp3) is 0.176. The van der Waals surface area contributed by atoms with E-state index in [0.717, 1.165) is 27.5 Å². The van der Waals surface area contributed by atoms with Gasteiger partial charge in [0.2, 0.25) is 0 Å². The SMILES string of the molecule is C=CN=C(N=C(C)N)c1c(Cl)cc2c3c(cccc13)COC2. The van der Waals surface area contributed by atoms with Crippen molar-refractivity contribution >= 4 is 34.0 Å². The monoisotopic (exact) mass is 313 g/mol. The molecule has 2 aromatic carbocycles. The van der Waals surface area contributed by atoms with Gasteiger partial charge < -0.3 is 10.5 Å². The van der Waals surface area contributed by atoms with E-state index in [1.54, 1.807) is 6.92 Å². The summed E-state index contributed by atoms with van der Waals surface area (Å²) >= 11 is 6.50. The van der Waals surface area contributed by atoms with Crippen LogP contribution in [-0.4, -0.2) is 11.7 Å². The maximum absolute atomic E-state index is 6.50. The van der Waals surface area contributed by atoms with Gasteiger partial charge in [-0.25, -0.2) is 9.98 Å². The van der Waals surface area contributed by atoms with Gasteiger partial charge in [0, 0.05) is 11.8 Å². The average molecular weight is 314 g/mol. The van der Waals surface area contributed by atoms with E-state index in [1.807, 2.05) is 18.2 Å². The highest BCUT2D eigenvalue weighted by molar-refractivity contribution is 6.36. The van der Waals surface area contributed by atoms with Crippen LogP contribution < -0.4 is 5.73 Å². The van der Waals surface area contributed by atoms with Crippen LogP contribution in [0.1, 0.15) is 23.6 Å². The predicted molar refractivity (Wildman–Crippen MR) is 91.5 cm³/mol. The van der Waals surface area contributed by atoms with Gasteiger partial charge in [-0.1, -0.05) is 36.4 Å². The summed E-state index contributed by atoms with van der Waals surface area (Å²) in [6, 6.07) is 7.99. The molecule has 4 nitrogen and oxygen atoms in total. The van der Waals surface area contributed by atoms with E-state index < -0.39 is 0 Å². The van der Waals surface area contributed by atoms with Gasteiger partial charge in [0.15, 0.2) is 5.84 Å². The van der Waals surface area contributed by atoms with Gasteiger partial charge in [0.25, 0.3) is 0 Å². The Balaban J connectivity index is 2.38. The quantitative estimate of drug-likeness (QED) is 0.677. The molecule has 0 unspecified atom stereocenters. The van der Waals surface area contributed by atoms with Crippen molar-refractivity contribution in [1.82, 2.24) is 0 Å². The van der Waals surface area contributed by atoms with E-state index in [1.165, 1.54) is 6.20 Å². The fourth-order valence-electron chi connectivity index (χ4n) is 2.75. The van der Waals surface area contributed by atoms with Crippen molar-refractivity contribution in [2.24, 2.45) is 15.7 Å². The molecule has 0 saturated heterocycles. The Kier molecular flexibility index (Phi) is 3.96. The van der Waals surface area contributed by atoms with Crippen molar-refractivity contribution in [3.63, 3.8) is 0 Å². The molecular formula is C17H16ClN3O. The van der Waals surface area contributed by atoms with Crippen molar-refractivity contribution in [2.75, 3.05) is 0 Å². The molecule has 2 N–H and O–H groups in total. The Morgan fingerprint density at radius 2 is 2.14 bits per heavy atom. The Morgan fingerprint density at radius 3 is 2.86 bits per heavy atom. The van der Waals surface area contributed by atoms with Crippen molar-refractivity contribution in [1.29, 1.82) is 0 Å². The number of benzene rings is 2. The second-order valence-corrected chi connectivity index (χ2v) is 5.52. The Morgan fingerprint density at radius 1 is 1.36 bits per heavy atom. The van der Waals surface area contributed by atoms with Crippen LogP contribution in [0.4, 0.5) is 0 Å². The highest BCUT2D eigenvalue weighted by Crippen LogP contribution is 2.35. The van der Waals surface area contributed by atoms with Crippen LogP contribution in [0.25, 0.3) is 10.8 Å². The molecule has 1 aliphatic rings. The first-order valence-corrected chi connectivity index (χ1v) is 7.30. The summed E-state index contributed by atoms with van der Waals surface area (Å²) < 4.78 is 5.60. The third-order valence-corrected chi connectivity index (χ3v) is 3.81. The van der Waals surface area contributed by atoms with Crippen LogP contribution in [-0.2, 0) is 18.0 Å². The normalized spacial score (nSPS) is 15.2. The van der Waals surface area contributed by atoms with Gasteiger partial charge in [0.05, 0.1) is 24.1 Å². The number of nitrogens with two attached hydrogens (primary N) is 1. The minimum Gasteiger partial charge on any atom is -0.387 e. The van der Waals surface area contributed by atoms with Gasteiger partial charge >= 0.3 is 0 Å². The number of amidine groups is 2. The van der Waals surface area contributed by atoms with Crippen LogP contribution in [0.2, 0.25) is 5.02 Å². The first-order valence-electron chi connectivity index (χ1n) is 6.92. The zero-order valence-corrected chi connectivity index (χ0v) is 13.0. The van der Waals surface area contributed by atoms with Gasteiger partial charge in [-0.15, -0.1) is 0 Å². The lowest BCUT2D eigenvalue weighted by Crippen LogP contribution is -2.12. The van der Waals surface area contributed by atoms with Crippen LogP contribution >= 0.6 is 11.6 Å². The number of rotatable bonds is 2. The molecule has 0 fully saturated rings. The smallest absolute Gasteiger partial charge is 0.163 e. The van der Waals surface area contributed by atoms with E-state index >= 15 is 0 Å². The second kappa shape index (κ2) is 5.91. The van der Waals surface area contributed by atoms with E-state index in [9.17, 15) is 0 Å². The molecule has 0 aliphatic carbocycles. The number of nitrogens with zero attached hydrogens (tertiary/aromatic N) is 2. The molecule has 0 amide bonds. The molecule has 0 aromatic heterocycles. The molecule has 112 valence electrons. The Labute approximate surface area is 134 Å². The topological polar surface area (TPSA) is 60.0 Å². The summed E-state index contributed by atoms with van der Waals surface area (Å²) in [5, 5.41) is 2.75. The maximum Gasteiger partial charge on any atom is 0.163 e. The van der Waals surface area contributed by atoms with Crippen molar-refractivity contribution in [3.05, 3.63) is 58.8 Å². The first kappa shape index (κ1) is 14.8. The fourth-order valence-corrected chi connectivity index (χ4v) is 3.07. The summed E-state index contributed by atoms with van der Waals surface area (Å²) in [6.45, 7) is 6.51. The van der Waals surface area contributed by atoms with E-state index in [-0.39, 0.29) is 0 Å². The number of ether oxygens (including phenoxy) is 1. The molecule has 1 aliphatic heterocycles. The van der Waals surface area contributed by atoms with Gasteiger partial charge in [-0.2, -0.15) is 0 Å². The molecule has 2 aromatic rings. The summed E-state index contributed by atoms with van der Waals surface area (Å²) in [4.78, 5) is 8.55. The summed E-state index contributed by atoms with van der Waals surface area (Å²) in [6.07, 6.45) is 1.44. The van der Waals surface area contributed by atoms with Crippen LogP contribution in [0.5, 0.6) is 0 Å². The van der Waals surface area contributed by atoms with Crippen molar-refractivity contribution < 1.29 is 4.74 Å². The van der Waals surface area contributed by atoms with Gasteiger partial charge in [-0.3, -0.25) is 0 Å². The number of hydrogen-bond acceptors (Lipinski definition) is 2. The lowest BCUT2D eigenvalue weighted by Gasteiger charge is -2.20. The van der Waals surface area contributed by atoms with Crippen molar-refractivity contribution in [3.8, 4) is 0 Å². The number of aliphatic imine (C=N–C) groups is 2. The van der Waals surface area contributed by atoms with Gasteiger partial charge in [0.1, 0.15) is 0 Å². The lowest BCUT2D eigenvalue weighted by atomic mass is 9.94. The molecule has 0 saturated carbocycles. The molecule has 5 heteroatoms. The zero-order valence-electron chi connectivity index (χ0n) is 12.3. The standard InChI is InChI=1S/C17H16ClN3O/c1-3-20-17(21-10(2)19)16-13-6-4-5-11-8-22-9-12(15(11)13)7-14(16)18/h3-7H,1,8-9H2,2H3,(H2,19,20,21). The first-order chi connectivity index (χ1) is 10.6.